The molecule has 0 atom stereocenters. The van der Waals surface area contributed by atoms with Gasteiger partial charge in [-0.2, -0.15) is 13.2 Å². The lowest BCUT2D eigenvalue weighted by atomic mass is 10.0. The fourth-order valence-electron chi connectivity index (χ4n) is 1.84. The Bertz CT molecular complexity index is 703. The maximum Gasteiger partial charge on any atom is 0.416 e. The Morgan fingerprint density at radius 3 is 2.40 bits per heavy atom. The molecule has 0 saturated carbocycles. The van der Waals surface area contributed by atoms with Gasteiger partial charge in [-0.3, -0.25) is 0 Å². The number of carbonyl (C=O) groups excluding carboxylic acids is 1. The number of benzene rings is 1. The minimum atomic E-state index is -4.70. The Kier molecular flexibility index (Phi) is 3.16. The minimum Gasteiger partial charge on any atom is -0.478 e. The van der Waals surface area contributed by atoms with E-state index in [4.69, 9.17) is 5.11 Å². The van der Waals surface area contributed by atoms with Crippen molar-refractivity contribution in [2.45, 2.75) is 6.18 Å². The molecule has 0 spiro atoms. The lowest BCUT2D eigenvalue weighted by Gasteiger charge is -2.09. The number of methoxy groups -OCH3 is 1. The summed E-state index contributed by atoms with van der Waals surface area (Å²) in [5, 5.41) is 8.73. The van der Waals surface area contributed by atoms with E-state index >= 15 is 0 Å². The van der Waals surface area contributed by atoms with Crippen molar-refractivity contribution in [3.8, 4) is 0 Å². The second-order valence-electron chi connectivity index (χ2n) is 3.94. The van der Waals surface area contributed by atoms with Gasteiger partial charge in [-0.05, 0) is 12.1 Å². The van der Waals surface area contributed by atoms with E-state index in [2.05, 4.69) is 9.72 Å². The Balaban J connectivity index is 2.84. The molecule has 2 aromatic rings. The van der Waals surface area contributed by atoms with Crippen molar-refractivity contribution in [1.82, 2.24) is 4.98 Å². The monoisotopic (exact) mass is 287 g/mol. The molecule has 2 N–H and O–H groups in total. The van der Waals surface area contributed by atoms with Crippen LogP contribution in [0.4, 0.5) is 13.2 Å². The van der Waals surface area contributed by atoms with E-state index in [-0.39, 0.29) is 22.0 Å². The number of hydrogen-bond donors (Lipinski definition) is 2. The van der Waals surface area contributed by atoms with Crippen LogP contribution >= 0.6 is 0 Å². The van der Waals surface area contributed by atoms with Crippen LogP contribution in [-0.4, -0.2) is 29.1 Å². The number of hydrogen-bond acceptors (Lipinski definition) is 3. The third-order valence-electron chi connectivity index (χ3n) is 2.75. The van der Waals surface area contributed by atoms with E-state index in [0.29, 0.717) is 12.1 Å². The lowest BCUT2D eigenvalue weighted by Crippen LogP contribution is -2.09. The van der Waals surface area contributed by atoms with Gasteiger partial charge < -0.3 is 14.8 Å². The number of carbonyl (C=O) groups is 2. The maximum atomic E-state index is 12.8. The topological polar surface area (TPSA) is 79.4 Å². The highest BCUT2D eigenvalue weighted by Crippen LogP contribution is 2.34. The van der Waals surface area contributed by atoms with Crippen molar-refractivity contribution < 1.29 is 32.6 Å². The number of aromatic nitrogens is 1. The number of nitrogens with one attached hydrogen (secondary N) is 1. The van der Waals surface area contributed by atoms with Crippen LogP contribution in [0.5, 0.6) is 0 Å². The number of carboxylic acid groups (broad SMARTS) is 1. The molecule has 0 aliphatic heterocycles. The molecule has 0 aliphatic carbocycles. The van der Waals surface area contributed by atoms with Gasteiger partial charge in [0.05, 0.1) is 29.3 Å². The van der Waals surface area contributed by atoms with Gasteiger partial charge in [-0.15, -0.1) is 0 Å². The van der Waals surface area contributed by atoms with E-state index in [0.717, 1.165) is 13.3 Å². The van der Waals surface area contributed by atoms with E-state index in [9.17, 15) is 22.8 Å². The zero-order chi connectivity index (χ0) is 15.1. The molecule has 1 aromatic carbocycles. The summed E-state index contributed by atoms with van der Waals surface area (Å²) >= 11 is 0. The molecule has 0 fully saturated rings. The van der Waals surface area contributed by atoms with E-state index < -0.39 is 23.7 Å². The zero-order valence-electron chi connectivity index (χ0n) is 10.0. The number of rotatable bonds is 2. The Hall–Kier alpha value is -2.51. The number of H-pyrrole nitrogens is 1. The first-order valence-electron chi connectivity index (χ1n) is 5.29. The molecule has 106 valence electrons. The Morgan fingerprint density at radius 1 is 1.25 bits per heavy atom. The average molecular weight is 287 g/mol. The summed E-state index contributed by atoms with van der Waals surface area (Å²) in [5.74, 6) is -2.38. The highest BCUT2D eigenvalue weighted by molar-refractivity contribution is 6.10. The summed E-state index contributed by atoms with van der Waals surface area (Å²) in [5.41, 5.74) is -1.85. The fraction of sp³-hybridized carbons (Fsp3) is 0.167. The number of esters is 1. The summed E-state index contributed by atoms with van der Waals surface area (Å²) < 4.78 is 42.8. The number of aromatic carboxylic acids is 1. The van der Waals surface area contributed by atoms with Gasteiger partial charge in [0, 0.05) is 11.6 Å². The van der Waals surface area contributed by atoms with E-state index in [1.807, 2.05) is 0 Å². The summed E-state index contributed by atoms with van der Waals surface area (Å²) in [7, 11) is 1.02. The largest absolute Gasteiger partial charge is 0.478 e. The zero-order valence-corrected chi connectivity index (χ0v) is 10.0. The van der Waals surface area contributed by atoms with E-state index in [1.54, 1.807) is 0 Å². The molecule has 5 nitrogen and oxygen atoms in total. The van der Waals surface area contributed by atoms with Gasteiger partial charge in [0.2, 0.25) is 0 Å². The van der Waals surface area contributed by atoms with Crippen LogP contribution in [0.15, 0.2) is 18.3 Å². The third-order valence-corrected chi connectivity index (χ3v) is 2.75. The van der Waals surface area contributed by atoms with Crippen molar-refractivity contribution >= 4 is 22.8 Å². The van der Waals surface area contributed by atoms with Crippen LogP contribution in [-0.2, 0) is 10.9 Å². The van der Waals surface area contributed by atoms with Gasteiger partial charge in [0.1, 0.15) is 0 Å². The quantitative estimate of drug-likeness (QED) is 0.832. The summed E-state index contributed by atoms with van der Waals surface area (Å²) in [4.78, 5) is 25.0. The van der Waals surface area contributed by atoms with Crippen LogP contribution in [0.3, 0.4) is 0 Å². The number of halogens is 3. The molecular formula is C12H8F3NO4. The molecule has 0 aliphatic rings. The Labute approximate surface area is 110 Å². The molecule has 0 amide bonds. The van der Waals surface area contributed by atoms with Crippen molar-refractivity contribution in [1.29, 1.82) is 0 Å². The molecule has 8 heteroatoms. The van der Waals surface area contributed by atoms with Crippen molar-refractivity contribution in [2.24, 2.45) is 0 Å². The molecule has 1 aromatic heterocycles. The van der Waals surface area contributed by atoms with Gasteiger partial charge in [0.25, 0.3) is 0 Å². The number of ether oxygens (including phenoxy) is 1. The number of alkyl halides is 3. The number of carboxylic acids is 1. The molecule has 1 heterocycles. The smallest absolute Gasteiger partial charge is 0.416 e. The summed E-state index contributed by atoms with van der Waals surface area (Å²) in [6.45, 7) is 0. The second-order valence-corrected chi connectivity index (χ2v) is 3.94. The lowest BCUT2D eigenvalue weighted by molar-refractivity contribution is -0.137. The number of fused-ring (bicyclic) bond motifs is 1. The second kappa shape index (κ2) is 4.55. The number of aromatic amines is 1. The first-order valence-corrected chi connectivity index (χ1v) is 5.29. The van der Waals surface area contributed by atoms with E-state index in [1.165, 1.54) is 0 Å². The van der Waals surface area contributed by atoms with Crippen molar-refractivity contribution in [3.05, 3.63) is 35.0 Å². The highest BCUT2D eigenvalue weighted by Gasteiger charge is 2.33. The molecule has 0 bridgehead atoms. The van der Waals surface area contributed by atoms with Crippen LogP contribution < -0.4 is 0 Å². The minimum absolute atomic E-state index is 0.0118. The molecule has 0 radical (unpaired) electrons. The molecular weight excluding hydrogens is 279 g/mol. The van der Waals surface area contributed by atoms with Crippen LogP contribution in [0.25, 0.3) is 10.9 Å². The highest BCUT2D eigenvalue weighted by atomic mass is 19.4. The normalized spacial score (nSPS) is 11.6. The molecule has 0 saturated heterocycles. The first-order chi connectivity index (χ1) is 9.25. The van der Waals surface area contributed by atoms with Crippen LogP contribution in [0, 0.1) is 0 Å². The van der Waals surface area contributed by atoms with Gasteiger partial charge in [-0.1, -0.05) is 0 Å². The van der Waals surface area contributed by atoms with Crippen LogP contribution in [0.2, 0.25) is 0 Å². The average Bonchev–Trinajstić information content (AvgIpc) is 2.79. The van der Waals surface area contributed by atoms with Gasteiger partial charge in [-0.25, -0.2) is 9.59 Å². The SMILES string of the molecule is COC(=O)c1cc(C(F)(F)F)cc2c(C(=O)O)c[nH]c12. The maximum absolute atomic E-state index is 12.8. The van der Waals surface area contributed by atoms with Crippen molar-refractivity contribution in [2.75, 3.05) is 7.11 Å². The molecule has 2 rings (SSSR count). The predicted molar refractivity (Wildman–Crippen MR) is 61.6 cm³/mol. The van der Waals surface area contributed by atoms with Crippen LogP contribution in [0.1, 0.15) is 26.3 Å². The third kappa shape index (κ3) is 2.20. The van der Waals surface area contributed by atoms with Crippen molar-refractivity contribution in [3.63, 3.8) is 0 Å². The molecule has 20 heavy (non-hydrogen) atoms. The predicted octanol–water partition coefficient (Wildman–Crippen LogP) is 2.67. The molecule has 0 unspecified atom stereocenters. The first kappa shape index (κ1) is 13.9. The fourth-order valence-corrected chi connectivity index (χ4v) is 1.84. The summed E-state index contributed by atoms with van der Waals surface area (Å²) in [6.07, 6.45) is -3.68. The summed E-state index contributed by atoms with van der Waals surface area (Å²) in [6, 6.07) is 1.30. The van der Waals surface area contributed by atoms with Gasteiger partial charge in [0.15, 0.2) is 0 Å². The van der Waals surface area contributed by atoms with Gasteiger partial charge >= 0.3 is 18.1 Å². The standard InChI is InChI=1S/C12H8F3NO4/c1-20-11(19)7-3-5(12(13,14)15)2-6-8(10(17)18)4-16-9(6)7/h2-4,16H,1H3,(H,17,18). The Morgan fingerprint density at radius 2 is 1.90 bits per heavy atom.